The lowest BCUT2D eigenvalue weighted by Crippen LogP contribution is -2.42. The molecule has 118 valence electrons. The van der Waals surface area contributed by atoms with Gasteiger partial charge in [0.25, 0.3) is 0 Å². The molecule has 0 bridgehead atoms. The summed E-state index contributed by atoms with van der Waals surface area (Å²) in [6.07, 6.45) is 4.94. The molecule has 0 radical (unpaired) electrons. The first kappa shape index (κ1) is 17.1. The van der Waals surface area contributed by atoms with E-state index < -0.39 is 0 Å². The molecule has 0 aliphatic heterocycles. The highest BCUT2D eigenvalue weighted by atomic mass is 35.5. The normalized spacial score (nSPS) is 20.7. The predicted octanol–water partition coefficient (Wildman–Crippen LogP) is 4.89. The lowest BCUT2D eigenvalue weighted by molar-refractivity contribution is 0.0967. The van der Waals surface area contributed by atoms with Crippen LogP contribution in [0, 0.1) is 5.41 Å². The number of halogens is 2. The molecule has 1 atom stereocenters. The van der Waals surface area contributed by atoms with E-state index in [4.69, 9.17) is 28.9 Å². The number of rotatable bonds is 4. The van der Waals surface area contributed by atoms with Crippen molar-refractivity contribution in [2.45, 2.75) is 51.6 Å². The van der Waals surface area contributed by atoms with Gasteiger partial charge >= 0.3 is 0 Å². The van der Waals surface area contributed by atoms with Crippen LogP contribution < -0.4 is 5.73 Å². The van der Waals surface area contributed by atoms with Gasteiger partial charge in [-0.15, -0.1) is 0 Å². The third-order valence-corrected chi connectivity index (χ3v) is 5.59. The van der Waals surface area contributed by atoms with Gasteiger partial charge in [0, 0.05) is 34.2 Å². The first-order valence-corrected chi connectivity index (χ1v) is 8.47. The number of nitrogens with zero attached hydrogens (tertiary/aromatic N) is 1. The highest BCUT2D eigenvalue weighted by Crippen LogP contribution is 2.40. The average molecular weight is 329 g/mol. The van der Waals surface area contributed by atoms with Crippen LogP contribution in [0.4, 0.5) is 0 Å². The van der Waals surface area contributed by atoms with Crippen molar-refractivity contribution >= 4 is 23.2 Å². The summed E-state index contributed by atoms with van der Waals surface area (Å²) in [7, 11) is 2.15. The molecule has 0 aromatic heterocycles. The molecule has 1 fully saturated rings. The first-order valence-electron chi connectivity index (χ1n) is 7.71. The SMILES string of the molecule is CN(C1CCC(C)(C)CC1)C(CN)c1c(Cl)cccc1Cl. The van der Waals surface area contributed by atoms with E-state index >= 15 is 0 Å². The second-order valence-corrected chi connectivity index (χ2v) is 7.76. The molecule has 1 aromatic carbocycles. The molecule has 1 aliphatic carbocycles. The van der Waals surface area contributed by atoms with E-state index in [1.165, 1.54) is 25.7 Å². The fraction of sp³-hybridized carbons (Fsp3) is 0.647. The van der Waals surface area contributed by atoms with Crippen molar-refractivity contribution in [3.8, 4) is 0 Å². The average Bonchev–Trinajstić information content (AvgIpc) is 2.42. The van der Waals surface area contributed by atoms with Crippen LogP contribution in [0.5, 0.6) is 0 Å². The Balaban J connectivity index is 2.18. The molecule has 4 heteroatoms. The number of benzene rings is 1. The number of hydrogen-bond acceptors (Lipinski definition) is 2. The molecule has 0 spiro atoms. The van der Waals surface area contributed by atoms with Gasteiger partial charge in [0.05, 0.1) is 0 Å². The lowest BCUT2D eigenvalue weighted by atomic mass is 9.75. The Morgan fingerprint density at radius 2 is 1.76 bits per heavy atom. The van der Waals surface area contributed by atoms with Crippen LogP contribution in [0.15, 0.2) is 18.2 Å². The minimum atomic E-state index is 0.0809. The van der Waals surface area contributed by atoms with Crippen molar-refractivity contribution in [1.82, 2.24) is 4.90 Å². The van der Waals surface area contributed by atoms with Gasteiger partial charge in [-0.25, -0.2) is 0 Å². The zero-order valence-electron chi connectivity index (χ0n) is 13.2. The van der Waals surface area contributed by atoms with Gasteiger partial charge < -0.3 is 5.73 Å². The summed E-state index contributed by atoms with van der Waals surface area (Å²) >= 11 is 12.7. The minimum absolute atomic E-state index is 0.0809. The quantitative estimate of drug-likeness (QED) is 0.852. The highest BCUT2D eigenvalue weighted by molar-refractivity contribution is 6.36. The van der Waals surface area contributed by atoms with E-state index in [2.05, 4.69) is 25.8 Å². The van der Waals surface area contributed by atoms with Crippen LogP contribution >= 0.6 is 23.2 Å². The molecule has 1 aromatic rings. The van der Waals surface area contributed by atoms with Gasteiger partial charge in [-0.2, -0.15) is 0 Å². The number of hydrogen-bond donors (Lipinski definition) is 1. The Morgan fingerprint density at radius 3 is 2.24 bits per heavy atom. The summed E-state index contributed by atoms with van der Waals surface area (Å²) in [5.74, 6) is 0. The molecular weight excluding hydrogens is 303 g/mol. The highest BCUT2D eigenvalue weighted by Gasteiger charge is 2.32. The predicted molar refractivity (Wildman–Crippen MR) is 92.1 cm³/mol. The zero-order chi connectivity index (χ0) is 15.6. The van der Waals surface area contributed by atoms with Crippen molar-refractivity contribution in [3.63, 3.8) is 0 Å². The molecule has 2 N–H and O–H groups in total. The number of nitrogens with two attached hydrogens (primary N) is 1. The largest absolute Gasteiger partial charge is 0.329 e. The Morgan fingerprint density at radius 1 is 1.24 bits per heavy atom. The summed E-state index contributed by atoms with van der Waals surface area (Å²) in [5.41, 5.74) is 7.48. The molecular formula is C17H26Cl2N2. The molecule has 1 saturated carbocycles. The third kappa shape index (κ3) is 3.92. The van der Waals surface area contributed by atoms with Crippen molar-refractivity contribution < 1.29 is 0 Å². The molecule has 2 rings (SSSR count). The van der Waals surface area contributed by atoms with Gasteiger partial charge in [0.1, 0.15) is 0 Å². The van der Waals surface area contributed by atoms with E-state index in [0.717, 1.165) is 5.56 Å². The molecule has 2 nitrogen and oxygen atoms in total. The van der Waals surface area contributed by atoms with Crippen LogP contribution in [-0.2, 0) is 0 Å². The summed E-state index contributed by atoms with van der Waals surface area (Å²) in [6.45, 7) is 5.24. The summed E-state index contributed by atoms with van der Waals surface area (Å²) in [4.78, 5) is 2.38. The van der Waals surface area contributed by atoms with Crippen molar-refractivity contribution in [1.29, 1.82) is 0 Å². The van der Waals surface area contributed by atoms with Gasteiger partial charge in [-0.1, -0.05) is 43.1 Å². The Hall–Kier alpha value is -0.280. The Bertz CT molecular complexity index is 457. The standard InChI is InChI=1S/C17H26Cl2N2/c1-17(2)9-7-12(8-10-17)21(3)15(11-20)16-13(18)5-4-6-14(16)19/h4-6,12,15H,7-11,20H2,1-3H3. The maximum atomic E-state index is 6.36. The maximum absolute atomic E-state index is 6.36. The van der Waals surface area contributed by atoms with Crippen LogP contribution in [0.1, 0.15) is 51.1 Å². The fourth-order valence-electron chi connectivity index (χ4n) is 3.36. The molecule has 1 aliphatic rings. The summed E-state index contributed by atoms with van der Waals surface area (Å²) in [5, 5.41) is 1.42. The third-order valence-electron chi connectivity index (χ3n) is 4.93. The second-order valence-electron chi connectivity index (χ2n) is 6.95. The van der Waals surface area contributed by atoms with Gasteiger partial charge in [0.15, 0.2) is 0 Å². The zero-order valence-corrected chi connectivity index (χ0v) is 14.7. The number of likely N-dealkylation sites (N-methyl/N-ethyl adjacent to an activating group) is 1. The van der Waals surface area contributed by atoms with E-state index in [-0.39, 0.29) is 6.04 Å². The van der Waals surface area contributed by atoms with Crippen LogP contribution in [0.3, 0.4) is 0 Å². The van der Waals surface area contributed by atoms with Crippen molar-refractivity contribution in [2.24, 2.45) is 11.1 Å². The fourth-order valence-corrected chi connectivity index (χ4v) is 4.01. The van der Waals surface area contributed by atoms with Crippen LogP contribution in [0.25, 0.3) is 0 Å². The Labute approximate surface area is 138 Å². The molecule has 1 unspecified atom stereocenters. The van der Waals surface area contributed by atoms with Crippen LogP contribution in [-0.4, -0.2) is 24.5 Å². The van der Waals surface area contributed by atoms with Crippen molar-refractivity contribution in [3.05, 3.63) is 33.8 Å². The van der Waals surface area contributed by atoms with E-state index in [1.807, 2.05) is 18.2 Å². The van der Waals surface area contributed by atoms with Gasteiger partial charge in [0.2, 0.25) is 0 Å². The van der Waals surface area contributed by atoms with Gasteiger partial charge in [-0.3, -0.25) is 4.90 Å². The lowest BCUT2D eigenvalue weighted by Gasteiger charge is -2.42. The minimum Gasteiger partial charge on any atom is -0.329 e. The molecule has 21 heavy (non-hydrogen) atoms. The molecule has 0 amide bonds. The molecule has 0 heterocycles. The smallest absolute Gasteiger partial charge is 0.0499 e. The van der Waals surface area contributed by atoms with Gasteiger partial charge in [-0.05, 0) is 50.3 Å². The maximum Gasteiger partial charge on any atom is 0.0499 e. The van der Waals surface area contributed by atoms with Crippen LogP contribution in [0.2, 0.25) is 10.0 Å². The summed E-state index contributed by atoms with van der Waals surface area (Å²) < 4.78 is 0. The van der Waals surface area contributed by atoms with Crippen molar-refractivity contribution in [2.75, 3.05) is 13.6 Å². The van der Waals surface area contributed by atoms with E-state index in [9.17, 15) is 0 Å². The van der Waals surface area contributed by atoms with E-state index in [0.29, 0.717) is 28.0 Å². The second kappa shape index (κ2) is 6.87. The van der Waals surface area contributed by atoms with E-state index in [1.54, 1.807) is 0 Å². The Kier molecular flexibility index (Phi) is 5.59. The summed E-state index contributed by atoms with van der Waals surface area (Å²) in [6, 6.07) is 6.30. The monoisotopic (exact) mass is 328 g/mol. The first-order chi connectivity index (χ1) is 9.85. The topological polar surface area (TPSA) is 29.3 Å². The molecule has 0 saturated heterocycles.